The average molecular weight is 402 g/mol. The van der Waals surface area contributed by atoms with Gasteiger partial charge in [-0.3, -0.25) is 0 Å². The molecule has 1 aromatic heterocycles. The summed E-state index contributed by atoms with van der Waals surface area (Å²) in [6.45, 7) is 12.4. The highest BCUT2D eigenvalue weighted by Gasteiger charge is 2.26. The third-order valence-electron chi connectivity index (χ3n) is 4.68. The molecule has 0 fully saturated rings. The van der Waals surface area contributed by atoms with Crippen LogP contribution < -0.4 is 0 Å². The fourth-order valence-electron chi connectivity index (χ4n) is 2.99. The fraction of sp³-hybridized carbons (Fsp3) is 0.381. The van der Waals surface area contributed by atoms with Gasteiger partial charge in [0.25, 0.3) is 0 Å². The molecule has 0 atom stereocenters. The first-order valence-corrected chi connectivity index (χ1v) is 9.35. The second-order valence-electron chi connectivity index (χ2n) is 9.01. The van der Waals surface area contributed by atoms with Crippen LogP contribution in [0.15, 0.2) is 24.3 Å². The van der Waals surface area contributed by atoms with Crippen molar-refractivity contribution in [2.75, 3.05) is 0 Å². The van der Waals surface area contributed by atoms with Gasteiger partial charge >= 0.3 is 5.97 Å². The van der Waals surface area contributed by atoms with Gasteiger partial charge in [-0.05, 0) is 34.6 Å². The number of aromatic nitrogens is 3. The standard InChI is InChI=1S/C21H24ClN3O3/c1-20(2,3)11-7-13(21(4,5)6)18(26)17(8-11)25-23-15-9-12(19(27)28)14(22)10-16(15)24-25/h7-10,26H,1-6H3,(H,27,28). The van der Waals surface area contributed by atoms with Crippen LogP contribution in [0.1, 0.15) is 63.0 Å². The Labute approximate surface area is 168 Å². The molecule has 0 aliphatic carbocycles. The van der Waals surface area contributed by atoms with Crippen LogP contribution in [0.4, 0.5) is 0 Å². The number of halogens is 1. The smallest absolute Gasteiger partial charge is 0.337 e. The molecule has 1 heterocycles. The Morgan fingerprint density at radius 1 is 0.964 bits per heavy atom. The van der Waals surface area contributed by atoms with Gasteiger partial charge in [0, 0.05) is 5.56 Å². The molecule has 2 N–H and O–H groups in total. The Balaban J connectivity index is 2.29. The van der Waals surface area contributed by atoms with Crippen LogP contribution in [-0.4, -0.2) is 31.2 Å². The highest BCUT2D eigenvalue weighted by atomic mass is 35.5. The topological polar surface area (TPSA) is 88.2 Å². The lowest BCUT2D eigenvalue weighted by atomic mass is 9.80. The number of aromatic carboxylic acids is 1. The molecule has 0 unspecified atom stereocenters. The predicted octanol–water partition coefficient (Wildman–Crippen LogP) is 5.07. The van der Waals surface area contributed by atoms with Gasteiger partial charge in [-0.2, -0.15) is 0 Å². The number of carboxylic acid groups (broad SMARTS) is 1. The molecular formula is C21H24ClN3O3. The van der Waals surface area contributed by atoms with E-state index in [1.54, 1.807) is 0 Å². The van der Waals surface area contributed by atoms with E-state index in [0.717, 1.165) is 11.1 Å². The van der Waals surface area contributed by atoms with Gasteiger partial charge in [-0.25, -0.2) is 4.79 Å². The predicted molar refractivity (Wildman–Crippen MR) is 110 cm³/mol. The molecule has 0 bridgehead atoms. The van der Waals surface area contributed by atoms with E-state index in [1.165, 1.54) is 16.9 Å². The number of benzene rings is 2. The van der Waals surface area contributed by atoms with Gasteiger partial charge in [0.05, 0.1) is 10.6 Å². The van der Waals surface area contributed by atoms with Gasteiger partial charge in [0.2, 0.25) is 0 Å². The molecule has 0 spiro atoms. The van der Waals surface area contributed by atoms with Crippen molar-refractivity contribution in [3.63, 3.8) is 0 Å². The molecule has 28 heavy (non-hydrogen) atoms. The Morgan fingerprint density at radius 2 is 1.54 bits per heavy atom. The summed E-state index contributed by atoms with van der Waals surface area (Å²) in [7, 11) is 0. The van der Waals surface area contributed by atoms with Crippen LogP contribution in [0.5, 0.6) is 5.75 Å². The average Bonchev–Trinajstić information content (AvgIpc) is 2.94. The second-order valence-corrected chi connectivity index (χ2v) is 9.41. The molecule has 0 amide bonds. The largest absolute Gasteiger partial charge is 0.505 e. The van der Waals surface area contributed by atoms with Crippen molar-refractivity contribution in [1.82, 2.24) is 15.0 Å². The number of phenolic OH excluding ortho intramolecular Hbond substituents is 1. The number of fused-ring (bicyclic) bond motifs is 1. The molecule has 0 saturated heterocycles. The number of aromatic hydroxyl groups is 1. The fourth-order valence-corrected chi connectivity index (χ4v) is 3.22. The van der Waals surface area contributed by atoms with Crippen molar-refractivity contribution >= 4 is 28.6 Å². The zero-order valence-electron chi connectivity index (χ0n) is 16.8. The third kappa shape index (κ3) is 3.56. The van der Waals surface area contributed by atoms with Crippen LogP contribution in [0.3, 0.4) is 0 Å². The van der Waals surface area contributed by atoms with Gasteiger partial charge < -0.3 is 10.2 Å². The van der Waals surface area contributed by atoms with E-state index < -0.39 is 5.97 Å². The van der Waals surface area contributed by atoms with Gasteiger partial charge in [0.15, 0.2) is 0 Å². The molecule has 148 valence electrons. The summed E-state index contributed by atoms with van der Waals surface area (Å²) in [4.78, 5) is 12.7. The number of hydrogen-bond acceptors (Lipinski definition) is 4. The number of rotatable bonds is 2. The van der Waals surface area contributed by atoms with E-state index in [1.807, 2.05) is 32.9 Å². The lowest BCUT2D eigenvalue weighted by molar-refractivity contribution is 0.0697. The number of carboxylic acids is 1. The summed E-state index contributed by atoms with van der Waals surface area (Å²) < 4.78 is 0. The summed E-state index contributed by atoms with van der Waals surface area (Å²) in [6, 6.07) is 6.74. The minimum Gasteiger partial charge on any atom is -0.505 e. The molecule has 0 aliphatic heterocycles. The van der Waals surface area contributed by atoms with Crippen molar-refractivity contribution in [1.29, 1.82) is 0 Å². The first-order valence-electron chi connectivity index (χ1n) is 8.97. The molecule has 3 rings (SSSR count). The highest BCUT2D eigenvalue weighted by Crippen LogP contribution is 2.39. The summed E-state index contributed by atoms with van der Waals surface area (Å²) in [5, 5.41) is 29.1. The van der Waals surface area contributed by atoms with Crippen LogP contribution in [0.2, 0.25) is 5.02 Å². The molecule has 0 aliphatic rings. The van der Waals surface area contributed by atoms with Crippen molar-refractivity contribution < 1.29 is 15.0 Å². The van der Waals surface area contributed by atoms with Crippen molar-refractivity contribution in [2.24, 2.45) is 0 Å². The number of phenols is 1. The Bertz CT molecular complexity index is 1090. The Morgan fingerprint density at radius 3 is 2.04 bits per heavy atom. The van der Waals surface area contributed by atoms with Crippen molar-refractivity contribution in [3.8, 4) is 11.4 Å². The van der Waals surface area contributed by atoms with Gasteiger partial charge in [-0.15, -0.1) is 15.0 Å². The maximum Gasteiger partial charge on any atom is 0.337 e. The third-order valence-corrected chi connectivity index (χ3v) is 4.99. The van der Waals surface area contributed by atoms with E-state index in [4.69, 9.17) is 11.6 Å². The van der Waals surface area contributed by atoms with E-state index in [0.29, 0.717) is 16.7 Å². The van der Waals surface area contributed by atoms with E-state index in [9.17, 15) is 15.0 Å². The first-order chi connectivity index (χ1) is 12.8. The van der Waals surface area contributed by atoms with Crippen LogP contribution >= 0.6 is 11.6 Å². The maximum atomic E-state index is 11.3. The summed E-state index contributed by atoms with van der Waals surface area (Å²) in [5.41, 5.74) is 2.65. The molecule has 7 heteroatoms. The molecule has 0 saturated carbocycles. The summed E-state index contributed by atoms with van der Waals surface area (Å²) in [5.74, 6) is -1.03. The van der Waals surface area contributed by atoms with Gasteiger partial charge in [0.1, 0.15) is 22.5 Å². The van der Waals surface area contributed by atoms with E-state index >= 15 is 0 Å². The SMILES string of the molecule is CC(C)(C)c1cc(-n2nc3cc(Cl)c(C(=O)O)cc3n2)c(O)c(C(C)(C)C)c1. The zero-order chi connectivity index (χ0) is 21.0. The van der Waals surface area contributed by atoms with Crippen LogP contribution in [-0.2, 0) is 10.8 Å². The molecule has 6 nitrogen and oxygen atoms in total. The number of nitrogens with zero attached hydrogens (tertiary/aromatic N) is 3. The molecule has 2 aromatic carbocycles. The van der Waals surface area contributed by atoms with Crippen molar-refractivity contribution in [2.45, 2.75) is 52.4 Å². The van der Waals surface area contributed by atoms with E-state index in [2.05, 4.69) is 31.0 Å². The maximum absolute atomic E-state index is 11.3. The Kier molecular flexibility index (Phi) is 4.66. The number of carbonyl (C=O) groups is 1. The minimum absolute atomic E-state index is 0.0377. The minimum atomic E-state index is -1.13. The van der Waals surface area contributed by atoms with Crippen LogP contribution in [0.25, 0.3) is 16.7 Å². The quantitative estimate of drug-likeness (QED) is 0.625. The molecular weight excluding hydrogens is 378 g/mol. The number of hydrogen-bond donors (Lipinski definition) is 2. The van der Waals surface area contributed by atoms with Crippen LogP contribution in [0, 0.1) is 0 Å². The summed E-state index contributed by atoms with van der Waals surface area (Å²) >= 11 is 6.05. The first kappa shape index (κ1) is 20.1. The lowest BCUT2D eigenvalue weighted by Crippen LogP contribution is -2.18. The van der Waals surface area contributed by atoms with Gasteiger partial charge in [-0.1, -0.05) is 59.2 Å². The summed E-state index contributed by atoms with van der Waals surface area (Å²) in [6.07, 6.45) is 0. The van der Waals surface area contributed by atoms with Crippen molar-refractivity contribution in [3.05, 3.63) is 46.0 Å². The highest BCUT2D eigenvalue weighted by molar-refractivity contribution is 6.34. The monoisotopic (exact) mass is 401 g/mol. The normalized spacial score (nSPS) is 12.5. The molecule has 0 radical (unpaired) electrons. The lowest BCUT2D eigenvalue weighted by Gasteiger charge is -2.27. The zero-order valence-corrected chi connectivity index (χ0v) is 17.6. The van der Waals surface area contributed by atoms with E-state index in [-0.39, 0.29) is 27.2 Å². The Hall–Kier alpha value is -2.60. The second kappa shape index (κ2) is 6.48. The molecule has 3 aromatic rings.